The van der Waals surface area contributed by atoms with Gasteiger partial charge in [0, 0.05) is 24.2 Å². The Bertz CT molecular complexity index is 660. The SMILES string of the molecule is CC(C)(C)[Si](C)(C)OC(c1ccccc1)(c1ccccc1)N1CCCC1. The van der Waals surface area contributed by atoms with E-state index >= 15 is 0 Å². The first-order chi connectivity index (χ1) is 12.3. The van der Waals surface area contributed by atoms with E-state index in [0.29, 0.717) is 0 Å². The molecule has 0 saturated carbocycles. The highest BCUT2D eigenvalue weighted by atomic mass is 28.4. The highest BCUT2D eigenvalue weighted by Crippen LogP contribution is 2.47. The zero-order valence-electron chi connectivity index (χ0n) is 17.0. The van der Waals surface area contributed by atoms with Gasteiger partial charge in [-0.05, 0) is 31.0 Å². The molecule has 0 unspecified atom stereocenters. The second kappa shape index (κ2) is 7.30. The molecule has 3 rings (SSSR count). The van der Waals surface area contributed by atoms with Crippen molar-refractivity contribution >= 4 is 8.32 Å². The first kappa shape index (κ1) is 19.3. The zero-order chi connectivity index (χ0) is 18.8. The van der Waals surface area contributed by atoms with Crippen LogP contribution in [-0.2, 0) is 10.2 Å². The van der Waals surface area contributed by atoms with E-state index < -0.39 is 14.0 Å². The minimum Gasteiger partial charge on any atom is -0.392 e. The summed E-state index contributed by atoms with van der Waals surface area (Å²) < 4.78 is 7.31. The van der Waals surface area contributed by atoms with E-state index in [1.165, 1.54) is 24.0 Å². The molecule has 2 aromatic rings. The normalized spacial score (nSPS) is 16.8. The third kappa shape index (κ3) is 3.53. The van der Waals surface area contributed by atoms with E-state index in [1.807, 2.05) is 0 Å². The number of rotatable bonds is 5. The second-order valence-corrected chi connectivity index (χ2v) is 13.7. The van der Waals surface area contributed by atoms with Gasteiger partial charge in [-0.3, -0.25) is 4.90 Å². The molecule has 3 heteroatoms. The van der Waals surface area contributed by atoms with Crippen LogP contribution in [0.25, 0.3) is 0 Å². The van der Waals surface area contributed by atoms with Gasteiger partial charge in [0.1, 0.15) is 0 Å². The van der Waals surface area contributed by atoms with Crippen molar-refractivity contribution in [3.05, 3.63) is 71.8 Å². The average molecular weight is 368 g/mol. The fraction of sp³-hybridized carbons (Fsp3) is 0.478. The maximum Gasteiger partial charge on any atom is 0.195 e. The van der Waals surface area contributed by atoms with Crippen LogP contribution in [0.2, 0.25) is 18.1 Å². The van der Waals surface area contributed by atoms with E-state index in [-0.39, 0.29) is 5.04 Å². The molecule has 140 valence electrons. The molecule has 0 aliphatic carbocycles. The summed E-state index contributed by atoms with van der Waals surface area (Å²) in [4.78, 5) is 2.57. The van der Waals surface area contributed by atoms with Gasteiger partial charge in [-0.1, -0.05) is 81.4 Å². The van der Waals surface area contributed by atoms with Crippen LogP contribution >= 0.6 is 0 Å². The lowest BCUT2D eigenvalue weighted by atomic mass is 9.93. The fourth-order valence-electron chi connectivity index (χ4n) is 3.60. The molecule has 1 saturated heterocycles. The Morgan fingerprint density at radius 3 is 1.58 bits per heavy atom. The molecule has 1 aliphatic rings. The molecule has 0 bridgehead atoms. The van der Waals surface area contributed by atoms with Gasteiger partial charge in [-0.15, -0.1) is 0 Å². The van der Waals surface area contributed by atoms with E-state index in [1.54, 1.807) is 0 Å². The molecule has 1 fully saturated rings. The monoisotopic (exact) mass is 367 g/mol. The smallest absolute Gasteiger partial charge is 0.195 e. The van der Waals surface area contributed by atoms with Crippen LogP contribution in [0.4, 0.5) is 0 Å². The molecule has 26 heavy (non-hydrogen) atoms. The Hall–Kier alpha value is -1.42. The first-order valence-corrected chi connectivity index (χ1v) is 12.7. The van der Waals surface area contributed by atoms with Crippen molar-refractivity contribution < 1.29 is 4.43 Å². The quantitative estimate of drug-likeness (QED) is 0.600. The van der Waals surface area contributed by atoms with E-state index in [0.717, 1.165) is 13.1 Å². The Morgan fingerprint density at radius 1 is 0.769 bits per heavy atom. The summed E-state index contributed by atoms with van der Waals surface area (Å²) in [6.07, 6.45) is 2.48. The van der Waals surface area contributed by atoms with Crippen LogP contribution in [0.5, 0.6) is 0 Å². The highest BCUT2D eigenvalue weighted by Gasteiger charge is 2.50. The topological polar surface area (TPSA) is 12.5 Å². The van der Waals surface area contributed by atoms with Crippen LogP contribution in [0.15, 0.2) is 60.7 Å². The summed E-state index contributed by atoms with van der Waals surface area (Å²) >= 11 is 0. The Labute approximate surface area is 160 Å². The number of benzene rings is 2. The predicted octanol–water partition coefficient (Wildman–Crippen LogP) is 6.01. The number of likely N-dealkylation sites (tertiary alicyclic amines) is 1. The van der Waals surface area contributed by atoms with E-state index in [4.69, 9.17) is 4.43 Å². The molecular weight excluding hydrogens is 334 g/mol. The minimum absolute atomic E-state index is 0.154. The lowest BCUT2D eigenvalue weighted by Gasteiger charge is -2.50. The summed E-state index contributed by atoms with van der Waals surface area (Å²) in [6.45, 7) is 13.9. The van der Waals surface area contributed by atoms with Crippen LogP contribution in [0.1, 0.15) is 44.7 Å². The van der Waals surface area contributed by atoms with Gasteiger partial charge in [0.2, 0.25) is 0 Å². The van der Waals surface area contributed by atoms with Crippen molar-refractivity contribution in [2.75, 3.05) is 13.1 Å². The maximum absolute atomic E-state index is 7.31. The number of hydrogen-bond acceptors (Lipinski definition) is 2. The molecule has 0 N–H and O–H groups in total. The van der Waals surface area contributed by atoms with Crippen LogP contribution in [-0.4, -0.2) is 26.3 Å². The zero-order valence-corrected chi connectivity index (χ0v) is 18.0. The largest absolute Gasteiger partial charge is 0.392 e. The molecule has 0 amide bonds. The average Bonchev–Trinajstić information content (AvgIpc) is 3.15. The molecular formula is C23H33NOSi. The summed E-state index contributed by atoms with van der Waals surface area (Å²) in [5, 5.41) is 0.154. The molecule has 0 atom stereocenters. The van der Waals surface area contributed by atoms with Crippen molar-refractivity contribution in [1.82, 2.24) is 4.90 Å². The predicted molar refractivity (Wildman–Crippen MR) is 113 cm³/mol. The lowest BCUT2D eigenvalue weighted by Crippen LogP contribution is -2.56. The van der Waals surface area contributed by atoms with Crippen molar-refractivity contribution in [1.29, 1.82) is 0 Å². The molecule has 1 heterocycles. The van der Waals surface area contributed by atoms with E-state index in [9.17, 15) is 0 Å². The van der Waals surface area contributed by atoms with Gasteiger partial charge in [0.25, 0.3) is 0 Å². The Kier molecular flexibility index (Phi) is 5.43. The van der Waals surface area contributed by atoms with Gasteiger partial charge in [0.15, 0.2) is 14.0 Å². The number of hydrogen-bond donors (Lipinski definition) is 0. The van der Waals surface area contributed by atoms with Crippen LogP contribution in [0, 0.1) is 0 Å². The molecule has 1 aliphatic heterocycles. The minimum atomic E-state index is -2.02. The summed E-state index contributed by atoms with van der Waals surface area (Å²) in [5.74, 6) is 0. The summed E-state index contributed by atoms with van der Waals surface area (Å²) in [6, 6.07) is 21.7. The standard InChI is InChI=1S/C23H33NOSi/c1-22(2,3)26(4,5)25-23(24-18-12-13-19-24,20-14-8-6-9-15-20)21-16-10-7-11-17-21/h6-11,14-17H,12-13,18-19H2,1-5H3. The summed E-state index contributed by atoms with van der Waals surface area (Å²) in [5.41, 5.74) is 2.00. The van der Waals surface area contributed by atoms with Crippen LogP contribution in [0.3, 0.4) is 0 Å². The van der Waals surface area contributed by atoms with Crippen molar-refractivity contribution in [2.24, 2.45) is 0 Å². The second-order valence-electron chi connectivity index (χ2n) is 8.93. The third-order valence-corrected chi connectivity index (χ3v) is 10.5. The van der Waals surface area contributed by atoms with Crippen molar-refractivity contribution in [3.8, 4) is 0 Å². The van der Waals surface area contributed by atoms with Gasteiger partial charge >= 0.3 is 0 Å². The lowest BCUT2D eigenvalue weighted by molar-refractivity contribution is -0.0550. The fourth-order valence-corrected chi connectivity index (χ4v) is 5.01. The highest BCUT2D eigenvalue weighted by molar-refractivity contribution is 6.74. The number of nitrogens with zero attached hydrogens (tertiary/aromatic N) is 1. The summed E-state index contributed by atoms with van der Waals surface area (Å²) in [7, 11) is -2.02. The van der Waals surface area contributed by atoms with E-state index in [2.05, 4.69) is 99.4 Å². The van der Waals surface area contributed by atoms with Gasteiger partial charge < -0.3 is 4.43 Å². The molecule has 2 nitrogen and oxygen atoms in total. The maximum atomic E-state index is 7.31. The van der Waals surface area contributed by atoms with Gasteiger partial charge in [0.05, 0.1) is 0 Å². The Balaban J connectivity index is 2.22. The van der Waals surface area contributed by atoms with Gasteiger partial charge in [-0.2, -0.15) is 0 Å². The van der Waals surface area contributed by atoms with Gasteiger partial charge in [-0.25, -0.2) is 0 Å². The third-order valence-electron chi connectivity index (χ3n) is 6.09. The molecule has 2 aromatic carbocycles. The van der Waals surface area contributed by atoms with Crippen LogP contribution < -0.4 is 0 Å². The molecule has 0 radical (unpaired) electrons. The van der Waals surface area contributed by atoms with Crippen molar-refractivity contribution in [2.45, 2.75) is 57.5 Å². The first-order valence-electron chi connectivity index (χ1n) is 9.84. The Morgan fingerprint density at radius 2 is 1.19 bits per heavy atom. The molecule has 0 spiro atoms. The van der Waals surface area contributed by atoms with Crippen molar-refractivity contribution in [3.63, 3.8) is 0 Å². The molecule has 0 aromatic heterocycles.